The predicted octanol–water partition coefficient (Wildman–Crippen LogP) is 4.12. The van der Waals surface area contributed by atoms with E-state index in [0.29, 0.717) is 5.56 Å². The molecule has 3 aromatic rings. The van der Waals surface area contributed by atoms with Crippen molar-refractivity contribution >= 4 is 22.6 Å². The number of aromatic nitrogens is 1. The molecule has 0 bridgehead atoms. The van der Waals surface area contributed by atoms with Gasteiger partial charge in [-0.1, -0.05) is 42.5 Å². The zero-order valence-electron chi connectivity index (χ0n) is 16.0. The zero-order chi connectivity index (χ0) is 18.9. The normalized spacial score (nSPS) is 18.9. The van der Waals surface area contributed by atoms with Crippen molar-refractivity contribution < 1.29 is 4.79 Å². The number of carbonyl (C=O) groups is 1. The van der Waals surface area contributed by atoms with Gasteiger partial charge in [-0.05, 0) is 55.4 Å². The fraction of sp³-hybridized carbons (Fsp3) is 0.333. The highest BCUT2D eigenvalue weighted by molar-refractivity contribution is 6.02. The zero-order valence-corrected chi connectivity index (χ0v) is 16.0. The number of rotatable bonds is 3. The first-order valence-corrected chi connectivity index (χ1v) is 10.3. The van der Waals surface area contributed by atoms with Crippen LogP contribution in [-0.2, 0) is 12.8 Å². The molecule has 4 nitrogen and oxygen atoms in total. The molecule has 0 spiro atoms. The summed E-state index contributed by atoms with van der Waals surface area (Å²) in [7, 11) is 0. The minimum Gasteiger partial charge on any atom is -0.356 e. The quantitative estimate of drug-likeness (QED) is 0.753. The maximum atomic E-state index is 13.3. The highest BCUT2D eigenvalue weighted by Gasteiger charge is 2.25. The van der Waals surface area contributed by atoms with E-state index in [2.05, 4.69) is 34.5 Å². The molecule has 1 amide bonds. The van der Waals surface area contributed by atoms with Gasteiger partial charge in [0.15, 0.2) is 0 Å². The van der Waals surface area contributed by atoms with E-state index in [1.54, 1.807) is 0 Å². The van der Waals surface area contributed by atoms with Gasteiger partial charge in [-0.2, -0.15) is 0 Å². The molecule has 0 radical (unpaired) electrons. The summed E-state index contributed by atoms with van der Waals surface area (Å²) >= 11 is 0. The summed E-state index contributed by atoms with van der Waals surface area (Å²) in [4.78, 5) is 20.4. The van der Waals surface area contributed by atoms with Gasteiger partial charge in [-0.3, -0.25) is 4.79 Å². The molecule has 2 aliphatic rings. The number of amides is 1. The number of aryl methyl sites for hydroxylation is 1. The maximum absolute atomic E-state index is 13.3. The third-order valence-electron chi connectivity index (χ3n) is 6.04. The van der Waals surface area contributed by atoms with E-state index in [-0.39, 0.29) is 11.9 Å². The lowest BCUT2D eigenvalue weighted by Gasteiger charge is -2.26. The number of hydrogen-bond acceptors (Lipinski definition) is 3. The van der Waals surface area contributed by atoms with Crippen LogP contribution < -0.4 is 10.2 Å². The first-order valence-electron chi connectivity index (χ1n) is 10.3. The molecule has 2 heterocycles. The van der Waals surface area contributed by atoms with Crippen molar-refractivity contribution in [2.45, 2.75) is 38.1 Å². The first-order chi connectivity index (χ1) is 13.8. The van der Waals surface area contributed by atoms with Crippen LogP contribution in [0.1, 0.15) is 40.7 Å². The Morgan fingerprint density at radius 2 is 1.75 bits per heavy atom. The molecule has 142 valence electrons. The van der Waals surface area contributed by atoms with Crippen LogP contribution in [0.2, 0.25) is 0 Å². The molecule has 1 unspecified atom stereocenters. The third kappa shape index (κ3) is 3.24. The number of nitrogens with zero attached hydrogens (tertiary/aromatic N) is 2. The molecule has 5 rings (SSSR count). The molecular formula is C24H25N3O. The SMILES string of the molecule is O=C(NC1CCc2ccccc2C1)c1cc2ccccc2nc1N1CCCC1. The summed E-state index contributed by atoms with van der Waals surface area (Å²) in [5.74, 6) is 0.842. The van der Waals surface area contributed by atoms with Gasteiger partial charge in [-0.25, -0.2) is 4.98 Å². The molecule has 1 aliphatic carbocycles. The van der Waals surface area contributed by atoms with Gasteiger partial charge < -0.3 is 10.2 Å². The van der Waals surface area contributed by atoms with Crippen molar-refractivity contribution in [3.63, 3.8) is 0 Å². The standard InChI is InChI=1S/C24H25N3O/c28-24(25-20-12-11-17-7-1-2-8-18(17)15-20)21-16-19-9-3-4-10-22(19)26-23(21)27-13-5-6-14-27/h1-4,7-10,16,20H,5-6,11-15H2,(H,25,28). The highest BCUT2D eigenvalue weighted by Crippen LogP contribution is 2.27. The predicted molar refractivity (Wildman–Crippen MR) is 113 cm³/mol. The molecule has 0 saturated carbocycles. The van der Waals surface area contributed by atoms with Crippen LogP contribution >= 0.6 is 0 Å². The van der Waals surface area contributed by atoms with Crippen molar-refractivity contribution in [3.05, 3.63) is 71.3 Å². The Hall–Kier alpha value is -2.88. The highest BCUT2D eigenvalue weighted by atomic mass is 16.1. The molecule has 1 aliphatic heterocycles. The average molecular weight is 371 g/mol. The third-order valence-corrected chi connectivity index (χ3v) is 6.04. The Kier molecular flexibility index (Phi) is 4.47. The lowest BCUT2D eigenvalue weighted by molar-refractivity contribution is 0.0934. The van der Waals surface area contributed by atoms with Crippen molar-refractivity contribution in [3.8, 4) is 0 Å². The van der Waals surface area contributed by atoms with Crippen LogP contribution in [0, 0.1) is 0 Å². The topological polar surface area (TPSA) is 45.2 Å². The van der Waals surface area contributed by atoms with Gasteiger partial charge in [0.25, 0.3) is 5.91 Å². The Morgan fingerprint density at radius 1 is 1.00 bits per heavy atom. The fourth-order valence-corrected chi connectivity index (χ4v) is 4.53. The van der Waals surface area contributed by atoms with Gasteiger partial charge in [-0.15, -0.1) is 0 Å². The minimum absolute atomic E-state index is 0.00420. The van der Waals surface area contributed by atoms with Crippen molar-refractivity contribution in [1.82, 2.24) is 10.3 Å². The fourth-order valence-electron chi connectivity index (χ4n) is 4.53. The number of para-hydroxylation sites is 1. The Balaban J connectivity index is 1.44. The maximum Gasteiger partial charge on any atom is 0.255 e. The molecule has 1 N–H and O–H groups in total. The van der Waals surface area contributed by atoms with Gasteiger partial charge in [0, 0.05) is 24.5 Å². The summed E-state index contributed by atoms with van der Waals surface area (Å²) < 4.78 is 0. The summed E-state index contributed by atoms with van der Waals surface area (Å²) in [6.45, 7) is 1.95. The first kappa shape index (κ1) is 17.2. The molecular weight excluding hydrogens is 346 g/mol. The van der Waals surface area contributed by atoms with E-state index < -0.39 is 0 Å². The van der Waals surface area contributed by atoms with Crippen LogP contribution in [0.3, 0.4) is 0 Å². The second-order valence-corrected chi connectivity index (χ2v) is 7.93. The lowest BCUT2D eigenvalue weighted by atomic mass is 9.88. The summed E-state index contributed by atoms with van der Waals surface area (Å²) in [6, 6.07) is 18.8. The van der Waals surface area contributed by atoms with Gasteiger partial charge in [0.1, 0.15) is 5.82 Å². The van der Waals surface area contributed by atoms with E-state index >= 15 is 0 Å². The number of anilines is 1. The van der Waals surface area contributed by atoms with Crippen LogP contribution in [0.5, 0.6) is 0 Å². The number of carbonyl (C=O) groups excluding carboxylic acids is 1. The molecule has 2 aromatic carbocycles. The number of benzene rings is 2. The second-order valence-electron chi connectivity index (χ2n) is 7.93. The second kappa shape index (κ2) is 7.27. The minimum atomic E-state index is 0.00420. The molecule has 1 fully saturated rings. The molecule has 4 heteroatoms. The number of fused-ring (bicyclic) bond motifs is 2. The number of hydrogen-bond donors (Lipinski definition) is 1. The van der Waals surface area contributed by atoms with E-state index in [1.165, 1.54) is 11.1 Å². The molecule has 1 aromatic heterocycles. The summed E-state index contributed by atoms with van der Waals surface area (Å²) in [5.41, 5.74) is 4.43. The van der Waals surface area contributed by atoms with E-state index in [0.717, 1.165) is 61.9 Å². The van der Waals surface area contributed by atoms with Crippen molar-refractivity contribution in [1.29, 1.82) is 0 Å². The van der Waals surface area contributed by atoms with Crippen LogP contribution in [-0.4, -0.2) is 30.0 Å². The Labute approximate surface area is 165 Å². The number of nitrogens with one attached hydrogen (secondary N) is 1. The molecule has 28 heavy (non-hydrogen) atoms. The monoisotopic (exact) mass is 371 g/mol. The van der Waals surface area contributed by atoms with E-state index in [1.807, 2.05) is 30.3 Å². The van der Waals surface area contributed by atoms with Crippen LogP contribution in [0.15, 0.2) is 54.6 Å². The van der Waals surface area contributed by atoms with Crippen LogP contribution in [0.25, 0.3) is 10.9 Å². The summed E-state index contributed by atoms with van der Waals surface area (Å²) in [6.07, 6.45) is 5.24. The van der Waals surface area contributed by atoms with Gasteiger partial charge in [0.05, 0.1) is 11.1 Å². The van der Waals surface area contributed by atoms with E-state index in [9.17, 15) is 4.79 Å². The number of pyridine rings is 1. The molecule has 1 saturated heterocycles. The Morgan fingerprint density at radius 3 is 2.61 bits per heavy atom. The van der Waals surface area contributed by atoms with Gasteiger partial charge >= 0.3 is 0 Å². The largest absolute Gasteiger partial charge is 0.356 e. The van der Waals surface area contributed by atoms with E-state index in [4.69, 9.17) is 4.98 Å². The Bertz CT molecular complexity index is 1020. The molecule has 1 atom stereocenters. The van der Waals surface area contributed by atoms with Crippen LogP contribution in [0.4, 0.5) is 5.82 Å². The van der Waals surface area contributed by atoms with Crippen molar-refractivity contribution in [2.24, 2.45) is 0 Å². The van der Waals surface area contributed by atoms with Gasteiger partial charge in [0.2, 0.25) is 0 Å². The smallest absolute Gasteiger partial charge is 0.255 e. The average Bonchev–Trinajstić information content (AvgIpc) is 3.27. The summed E-state index contributed by atoms with van der Waals surface area (Å²) in [5, 5.41) is 4.32. The lowest BCUT2D eigenvalue weighted by Crippen LogP contribution is -2.39. The van der Waals surface area contributed by atoms with Crippen molar-refractivity contribution in [2.75, 3.05) is 18.0 Å².